The van der Waals surface area contributed by atoms with Gasteiger partial charge < -0.3 is 15.4 Å². The summed E-state index contributed by atoms with van der Waals surface area (Å²) >= 11 is 5.94. The van der Waals surface area contributed by atoms with E-state index in [4.69, 9.17) is 16.3 Å². The zero-order valence-electron chi connectivity index (χ0n) is 9.13. The summed E-state index contributed by atoms with van der Waals surface area (Å²) in [5.41, 5.74) is 0.894. The highest BCUT2D eigenvalue weighted by atomic mass is 35.5. The van der Waals surface area contributed by atoms with Crippen molar-refractivity contribution in [2.75, 3.05) is 20.3 Å². The topological polar surface area (TPSA) is 50.4 Å². The van der Waals surface area contributed by atoms with E-state index in [0.717, 1.165) is 5.56 Å². The molecule has 0 unspecified atom stereocenters. The van der Waals surface area contributed by atoms with Crippen LogP contribution in [0.15, 0.2) is 24.3 Å². The predicted octanol–water partition coefficient (Wildman–Crippen LogP) is 1.79. The molecular weight excluding hydrogens is 228 g/mol. The third kappa shape index (κ3) is 4.51. The molecule has 1 rings (SSSR count). The second-order valence-corrected chi connectivity index (χ2v) is 3.60. The second kappa shape index (κ2) is 7.09. The lowest BCUT2D eigenvalue weighted by atomic mass is 10.2. The molecule has 0 saturated heterocycles. The summed E-state index contributed by atoms with van der Waals surface area (Å²) < 4.78 is 4.81. The zero-order chi connectivity index (χ0) is 11.8. The number of amides is 2. The SMILES string of the molecule is COCCNC(=O)NCc1ccccc1Cl. The van der Waals surface area contributed by atoms with E-state index in [0.29, 0.717) is 24.7 Å². The average molecular weight is 243 g/mol. The summed E-state index contributed by atoms with van der Waals surface area (Å²) in [6, 6.07) is 7.17. The van der Waals surface area contributed by atoms with E-state index in [-0.39, 0.29) is 6.03 Å². The van der Waals surface area contributed by atoms with Crippen LogP contribution in [0.3, 0.4) is 0 Å². The molecule has 0 heterocycles. The van der Waals surface area contributed by atoms with Crippen LogP contribution >= 0.6 is 11.6 Å². The molecule has 0 radical (unpaired) electrons. The summed E-state index contributed by atoms with van der Waals surface area (Å²) in [5, 5.41) is 6.02. The molecule has 0 saturated carbocycles. The highest BCUT2D eigenvalue weighted by molar-refractivity contribution is 6.31. The minimum absolute atomic E-state index is 0.225. The molecule has 2 N–H and O–H groups in total. The fraction of sp³-hybridized carbons (Fsp3) is 0.364. The molecule has 1 aromatic carbocycles. The first-order chi connectivity index (χ1) is 7.74. The Labute approximate surface area is 99.9 Å². The van der Waals surface area contributed by atoms with Crippen molar-refractivity contribution in [1.29, 1.82) is 0 Å². The van der Waals surface area contributed by atoms with Crippen LogP contribution in [0, 0.1) is 0 Å². The van der Waals surface area contributed by atoms with Crippen molar-refractivity contribution in [2.24, 2.45) is 0 Å². The lowest BCUT2D eigenvalue weighted by Gasteiger charge is -2.08. The summed E-state index contributed by atoms with van der Waals surface area (Å²) in [6.45, 7) is 1.41. The molecule has 0 bridgehead atoms. The van der Waals surface area contributed by atoms with Gasteiger partial charge in [-0.1, -0.05) is 29.8 Å². The van der Waals surface area contributed by atoms with E-state index in [1.54, 1.807) is 13.2 Å². The van der Waals surface area contributed by atoms with Crippen molar-refractivity contribution in [3.8, 4) is 0 Å². The first kappa shape index (κ1) is 12.8. The standard InChI is InChI=1S/C11H15ClN2O2/c1-16-7-6-13-11(15)14-8-9-4-2-3-5-10(9)12/h2-5H,6-8H2,1H3,(H2,13,14,15). The van der Waals surface area contributed by atoms with Gasteiger partial charge in [0.1, 0.15) is 0 Å². The zero-order valence-corrected chi connectivity index (χ0v) is 9.88. The maximum absolute atomic E-state index is 11.3. The molecule has 2 amide bonds. The van der Waals surface area contributed by atoms with Gasteiger partial charge in [0.2, 0.25) is 0 Å². The molecule has 0 aliphatic heterocycles. The van der Waals surface area contributed by atoms with Gasteiger partial charge in [0.05, 0.1) is 6.61 Å². The lowest BCUT2D eigenvalue weighted by molar-refractivity contribution is 0.196. The number of nitrogens with one attached hydrogen (secondary N) is 2. The molecule has 0 aromatic heterocycles. The largest absolute Gasteiger partial charge is 0.383 e. The van der Waals surface area contributed by atoms with Crippen LogP contribution in [0.2, 0.25) is 5.02 Å². The Morgan fingerprint density at radius 2 is 2.12 bits per heavy atom. The number of methoxy groups -OCH3 is 1. The number of halogens is 1. The number of benzene rings is 1. The number of urea groups is 1. The van der Waals surface area contributed by atoms with Gasteiger partial charge in [-0.15, -0.1) is 0 Å². The van der Waals surface area contributed by atoms with Crippen molar-refractivity contribution >= 4 is 17.6 Å². The number of ether oxygens (including phenoxy) is 1. The third-order valence-corrected chi connectivity index (χ3v) is 2.36. The molecule has 0 aliphatic carbocycles. The molecule has 0 fully saturated rings. The van der Waals surface area contributed by atoms with Crippen LogP contribution in [0.25, 0.3) is 0 Å². The summed E-state index contributed by atoms with van der Waals surface area (Å²) in [7, 11) is 1.59. The molecule has 0 atom stereocenters. The Morgan fingerprint density at radius 1 is 1.38 bits per heavy atom. The summed E-state index contributed by atoms with van der Waals surface area (Å²) in [6.07, 6.45) is 0. The van der Waals surface area contributed by atoms with E-state index in [1.165, 1.54) is 0 Å². The molecule has 88 valence electrons. The van der Waals surface area contributed by atoms with Crippen LogP contribution in [-0.2, 0) is 11.3 Å². The van der Waals surface area contributed by atoms with Gasteiger partial charge >= 0.3 is 6.03 Å². The van der Waals surface area contributed by atoms with Gasteiger partial charge in [0.15, 0.2) is 0 Å². The van der Waals surface area contributed by atoms with Gasteiger partial charge in [-0.2, -0.15) is 0 Å². The predicted molar refractivity (Wildman–Crippen MR) is 63.6 cm³/mol. The highest BCUT2D eigenvalue weighted by Gasteiger charge is 2.01. The first-order valence-corrected chi connectivity index (χ1v) is 5.36. The van der Waals surface area contributed by atoms with Gasteiger partial charge in [-0.25, -0.2) is 4.79 Å². The smallest absolute Gasteiger partial charge is 0.315 e. The Bertz CT molecular complexity index is 345. The van der Waals surface area contributed by atoms with Gasteiger partial charge in [-0.05, 0) is 11.6 Å². The molecule has 0 spiro atoms. The molecule has 0 aliphatic rings. The average Bonchev–Trinajstić information content (AvgIpc) is 2.28. The monoisotopic (exact) mass is 242 g/mol. The molecule has 5 heteroatoms. The van der Waals surface area contributed by atoms with Gasteiger partial charge in [0.25, 0.3) is 0 Å². The number of rotatable bonds is 5. The van der Waals surface area contributed by atoms with Crippen LogP contribution in [0.4, 0.5) is 4.79 Å². The minimum Gasteiger partial charge on any atom is -0.383 e. The fourth-order valence-electron chi connectivity index (χ4n) is 1.15. The number of carbonyl (C=O) groups is 1. The van der Waals surface area contributed by atoms with E-state index in [9.17, 15) is 4.79 Å². The fourth-order valence-corrected chi connectivity index (χ4v) is 1.35. The third-order valence-electron chi connectivity index (χ3n) is 1.99. The molecule has 4 nitrogen and oxygen atoms in total. The lowest BCUT2D eigenvalue weighted by Crippen LogP contribution is -2.36. The Kier molecular flexibility index (Phi) is 5.67. The van der Waals surface area contributed by atoms with Crippen LogP contribution in [-0.4, -0.2) is 26.3 Å². The normalized spacial score (nSPS) is 9.88. The second-order valence-electron chi connectivity index (χ2n) is 3.19. The van der Waals surface area contributed by atoms with Crippen molar-refractivity contribution in [3.63, 3.8) is 0 Å². The van der Waals surface area contributed by atoms with Crippen molar-refractivity contribution in [1.82, 2.24) is 10.6 Å². The van der Waals surface area contributed by atoms with Crippen molar-refractivity contribution in [2.45, 2.75) is 6.54 Å². The maximum atomic E-state index is 11.3. The first-order valence-electron chi connectivity index (χ1n) is 4.98. The highest BCUT2D eigenvalue weighted by Crippen LogP contribution is 2.13. The van der Waals surface area contributed by atoms with Crippen molar-refractivity contribution < 1.29 is 9.53 Å². The van der Waals surface area contributed by atoms with Crippen LogP contribution in [0.1, 0.15) is 5.56 Å². The van der Waals surface area contributed by atoms with E-state index in [2.05, 4.69) is 10.6 Å². The van der Waals surface area contributed by atoms with E-state index in [1.807, 2.05) is 18.2 Å². The quantitative estimate of drug-likeness (QED) is 0.774. The Morgan fingerprint density at radius 3 is 2.81 bits per heavy atom. The number of hydrogen-bond donors (Lipinski definition) is 2. The summed E-state index contributed by atoms with van der Waals surface area (Å²) in [5.74, 6) is 0. The number of carbonyl (C=O) groups excluding carboxylic acids is 1. The van der Waals surface area contributed by atoms with E-state index >= 15 is 0 Å². The maximum Gasteiger partial charge on any atom is 0.315 e. The molecular formula is C11H15ClN2O2. The Hall–Kier alpha value is -1.26. The van der Waals surface area contributed by atoms with Gasteiger partial charge in [0, 0.05) is 25.2 Å². The van der Waals surface area contributed by atoms with Crippen LogP contribution < -0.4 is 10.6 Å². The molecule has 1 aromatic rings. The van der Waals surface area contributed by atoms with Crippen LogP contribution in [0.5, 0.6) is 0 Å². The molecule has 16 heavy (non-hydrogen) atoms. The summed E-state index contributed by atoms with van der Waals surface area (Å²) in [4.78, 5) is 11.3. The van der Waals surface area contributed by atoms with Gasteiger partial charge in [-0.3, -0.25) is 0 Å². The number of hydrogen-bond acceptors (Lipinski definition) is 2. The Balaban J connectivity index is 2.29. The minimum atomic E-state index is -0.225. The van der Waals surface area contributed by atoms with Crippen molar-refractivity contribution in [3.05, 3.63) is 34.9 Å². The van der Waals surface area contributed by atoms with E-state index < -0.39 is 0 Å².